The molecule has 1 amide bonds. The Labute approximate surface area is 147 Å². The van der Waals surface area contributed by atoms with Gasteiger partial charge in [0.1, 0.15) is 6.04 Å². The molecule has 24 heavy (non-hydrogen) atoms. The number of nitrogens with one attached hydrogen (secondary N) is 1. The van der Waals surface area contributed by atoms with Gasteiger partial charge in [-0.15, -0.1) is 0 Å². The highest BCUT2D eigenvalue weighted by Gasteiger charge is 2.33. The average molecular weight is 392 g/mol. The standard InChI is InChI=1S/C16H18BrN5O2/c1-9-13(15(18)24)14(10-4-6-11(17)7-5-10)22-16(19-9)20-12(21-22)3-2-8-23/h4-7,14,23H,2-3,8H2,1H3,(H2,18,24)(H,19,20,21)/t14-/m0/s1. The number of hydrogen-bond donors (Lipinski definition) is 3. The Hall–Kier alpha value is -2.19. The Morgan fingerprint density at radius 2 is 2.12 bits per heavy atom. The molecule has 0 bridgehead atoms. The number of aliphatic hydroxyl groups is 1. The number of anilines is 1. The van der Waals surface area contributed by atoms with E-state index in [1.165, 1.54) is 0 Å². The van der Waals surface area contributed by atoms with E-state index in [0.29, 0.717) is 35.9 Å². The number of carbonyl (C=O) groups excluding carboxylic acids is 1. The van der Waals surface area contributed by atoms with Crippen molar-refractivity contribution in [1.29, 1.82) is 0 Å². The van der Waals surface area contributed by atoms with Gasteiger partial charge in [0.2, 0.25) is 11.9 Å². The molecule has 0 spiro atoms. The lowest BCUT2D eigenvalue weighted by atomic mass is 9.95. The van der Waals surface area contributed by atoms with Gasteiger partial charge in [-0.25, -0.2) is 4.68 Å². The fourth-order valence-electron chi connectivity index (χ4n) is 2.81. The number of allylic oxidation sites excluding steroid dienone is 1. The second-order valence-corrected chi connectivity index (χ2v) is 6.52. The number of nitrogens with zero attached hydrogens (tertiary/aromatic N) is 3. The number of rotatable bonds is 5. The van der Waals surface area contributed by atoms with Crippen molar-refractivity contribution in [2.24, 2.45) is 5.73 Å². The van der Waals surface area contributed by atoms with Gasteiger partial charge in [-0.3, -0.25) is 4.79 Å². The molecule has 1 aromatic heterocycles. The number of nitrogens with two attached hydrogens (primary N) is 1. The molecule has 2 heterocycles. The number of carbonyl (C=O) groups is 1. The maximum Gasteiger partial charge on any atom is 0.248 e. The lowest BCUT2D eigenvalue weighted by Gasteiger charge is -2.27. The number of aromatic nitrogens is 3. The summed E-state index contributed by atoms with van der Waals surface area (Å²) in [6, 6.07) is 7.25. The van der Waals surface area contributed by atoms with Crippen LogP contribution in [0.1, 0.15) is 30.8 Å². The molecule has 0 saturated heterocycles. The van der Waals surface area contributed by atoms with Crippen molar-refractivity contribution in [2.45, 2.75) is 25.8 Å². The number of primary amides is 1. The highest BCUT2D eigenvalue weighted by Crippen LogP contribution is 2.35. The van der Waals surface area contributed by atoms with Gasteiger partial charge < -0.3 is 16.2 Å². The lowest BCUT2D eigenvalue weighted by molar-refractivity contribution is -0.115. The minimum absolute atomic E-state index is 0.0806. The van der Waals surface area contributed by atoms with Gasteiger partial charge in [-0.2, -0.15) is 10.1 Å². The lowest BCUT2D eigenvalue weighted by Crippen LogP contribution is -2.31. The van der Waals surface area contributed by atoms with E-state index in [0.717, 1.165) is 10.0 Å². The molecular weight excluding hydrogens is 374 g/mol. The number of aliphatic hydroxyl groups excluding tert-OH is 1. The zero-order valence-corrected chi connectivity index (χ0v) is 14.7. The summed E-state index contributed by atoms with van der Waals surface area (Å²) < 4.78 is 2.63. The summed E-state index contributed by atoms with van der Waals surface area (Å²) in [6.45, 7) is 1.88. The van der Waals surface area contributed by atoms with Gasteiger partial charge in [-0.1, -0.05) is 28.1 Å². The number of amides is 1. The second kappa shape index (κ2) is 6.74. The zero-order valence-electron chi connectivity index (χ0n) is 13.2. The van der Waals surface area contributed by atoms with E-state index in [2.05, 4.69) is 31.3 Å². The van der Waals surface area contributed by atoms with Gasteiger partial charge in [0.25, 0.3) is 0 Å². The fourth-order valence-corrected chi connectivity index (χ4v) is 3.08. The Morgan fingerprint density at radius 1 is 1.42 bits per heavy atom. The first kappa shape index (κ1) is 16.7. The molecule has 3 rings (SSSR count). The molecule has 1 aromatic carbocycles. The van der Waals surface area contributed by atoms with Crippen LogP contribution in [-0.4, -0.2) is 32.4 Å². The molecular formula is C16H18BrN5O2. The van der Waals surface area contributed by atoms with Crippen LogP contribution in [0, 0.1) is 0 Å². The highest BCUT2D eigenvalue weighted by atomic mass is 79.9. The van der Waals surface area contributed by atoms with E-state index in [4.69, 9.17) is 10.8 Å². The van der Waals surface area contributed by atoms with Crippen molar-refractivity contribution < 1.29 is 9.90 Å². The van der Waals surface area contributed by atoms with Crippen molar-refractivity contribution in [2.75, 3.05) is 11.9 Å². The quantitative estimate of drug-likeness (QED) is 0.719. The van der Waals surface area contributed by atoms with E-state index in [-0.39, 0.29) is 6.61 Å². The number of hydrogen-bond acceptors (Lipinski definition) is 5. The first-order valence-corrected chi connectivity index (χ1v) is 8.40. The van der Waals surface area contributed by atoms with E-state index in [1.54, 1.807) is 11.6 Å². The topological polar surface area (TPSA) is 106 Å². The van der Waals surface area contributed by atoms with Gasteiger partial charge in [-0.05, 0) is 31.0 Å². The predicted molar refractivity (Wildman–Crippen MR) is 93.2 cm³/mol. The second-order valence-electron chi connectivity index (χ2n) is 5.61. The zero-order chi connectivity index (χ0) is 17.3. The number of fused-ring (bicyclic) bond motifs is 1. The summed E-state index contributed by atoms with van der Waals surface area (Å²) in [4.78, 5) is 16.5. The van der Waals surface area contributed by atoms with Crippen LogP contribution < -0.4 is 11.1 Å². The van der Waals surface area contributed by atoms with Crippen LogP contribution in [0.15, 0.2) is 40.0 Å². The summed E-state index contributed by atoms with van der Waals surface area (Å²) in [6.07, 6.45) is 1.15. The first-order chi connectivity index (χ1) is 11.5. The molecule has 0 fully saturated rings. The monoisotopic (exact) mass is 391 g/mol. The third kappa shape index (κ3) is 3.07. The van der Waals surface area contributed by atoms with Gasteiger partial charge in [0.05, 0.1) is 5.57 Å². The number of benzene rings is 1. The van der Waals surface area contributed by atoms with E-state index >= 15 is 0 Å². The average Bonchev–Trinajstić information content (AvgIpc) is 2.94. The summed E-state index contributed by atoms with van der Waals surface area (Å²) in [5.41, 5.74) is 7.65. The Balaban J connectivity index is 2.09. The Bertz CT molecular complexity index is 797. The normalized spacial score (nSPS) is 16.7. The summed E-state index contributed by atoms with van der Waals surface area (Å²) in [5.74, 6) is 0.691. The molecule has 4 N–H and O–H groups in total. The van der Waals surface area contributed by atoms with Crippen molar-refractivity contribution in [3.8, 4) is 0 Å². The third-order valence-electron chi connectivity index (χ3n) is 3.91. The molecule has 0 saturated carbocycles. The highest BCUT2D eigenvalue weighted by molar-refractivity contribution is 9.10. The van der Waals surface area contributed by atoms with Crippen molar-refractivity contribution in [1.82, 2.24) is 14.8 Å². The van der Waals surface area contributed by atoms with E-state index < -0.39 is 11.9 Å². The van der Waals surface area contributed by atoms with Crippen LogP contribution in [0.25, 0.3) is 0 Å². The maximum atomic E-state index is 12.0. The van der Waals surface area contributed by atoms with Crippen LogP contribution in [-0.2, 0) is 11.2 Å². The molecule has 8 heteroatoms. The fraction of sp³-hybridized carbons (Fsp3) is 0.312. The van der Waals surface area contributed by atoms with Crippen LogP contribution in [0.3, 0.4) is 0 Å². The first-order valence-electron chi connectivity index (χ1n) is 7.60. The molecule has 7 nitrogen and oxygen atoms in total. The molecule has 0 unspecified atom stereocenters. The summed E-state index contributed by atoms with van der Waals surface area (Å²) >= 11 is 3.42. The van der Waals surface area contributed by atoms with Crippen molar-refractivity contribution >= 4 is 27.8 Å². The minimum Gasteiger partial charge on any atom is -0.396 e. The molecule has 1 atom stereocenters. The van der Waals surface area contributed by atoms with E-state index in [1.807, 2.05) is 24.3 Å². The number of aryl methyl sites for hydroxylation is 1. The van der Waals surface area contributed by atoms with Crippen LogP contribution in [0.2, 0.25) is 0 Å². The third-order valence-corrected chi connectivity index (χ3v) is 4.43. The molecule has 0 aliphatic carbocycles. The van der Waals surface area contributed by atoms with Crippen LogP contribution >= 0.6 is 15.9 Å². The molecule has 126 valence electrons. The van der Waals surface area contributed by atoms with Gasteiger partial charge in [0.15, 0.2) is 5.82 Å². The smallest absolute Gasteiger partial charge is 0.248 e. The summed E-state index contributed by atoms with van der Waals surface area (Å²) in [5, 5.41) is 16.6. The Kier molecular flexibility index (Phi) is 4.68. The van der Waals surface area contributed by atoms with Crippen molar-refractivity contribution in [3.63, 3.8) is 0 Å². The van der Waals surface area contributed by atoms with Crippen LogP contribution in [0.5, 0.6) is 0 Å². The SMILES string of the molecule is CC1=C(C(N)=O)[C@H](c2ccc(Br)cc2)n2nc(CCCO)nc2N1. The molecule has 1 aliphatic rings. The number of halogens is 1. The van der Waals surface area contributed by atoms with E-state index in [9.17, 15) is 4.79 Å². The minimum atomic E-state index is -0.494. The van der Waals surface area contributed by atoms with Gasteiger partial charge >= 0.3 is 0 Å². The van der Waals surface area contributed by atoms with Gasteiger partial charge in [0, 0.05) is 23.2 Å². The van der Waals surface area contributed by atoms with Crippen LogP contribution in [0.4, 0.5) is 5.95 Å². The molecule has 2 aromatic rings. The molecule has 1 aliphatic heterocycles. The predicted octanol–water partition coefficient (Wildman–Crippen LogP) is 1.74. The largest absolute Gasteiger partial charge is 0.396 e. The summed E-state index contributed by atoms with van der Waals surface area (Å²) in [7, 11) is 0. The van der Waals surface area contributed by atoms with Crippen molar-refractivity contribution in [3.05, 3.63) is 51.4 Å². The maximum absolute atomic E-state index is 12.0. The Morgan fingerprint density at radius 3 is 2.75 bits per heavy atom. The molecule has 0 radical (unpaired) electrons.